The second-order valence-electron chi connectivity index (χ2n) is 6.86. The number of nitrogens with zero attached hydrogens (tertiary/aromatic N) is 2. The first-order valence-electron chi connectivity index (χ1n) is 9.05. The summed E-state index contributed by atoms with van der Waals surface area (Å²) < 4.78 is 5.28. The number of rotatable bonds is 4. The van der Waals surface area contributed by atoms with Gasteiger partial charge in [0.1, 0.15) is 22.4 Å². The zero-order valence-corrected chi connectivity index (χ0v) is 15.7. The van der Waals surface area contributed by atoms with Crippen LogP contribution >= 0.6 is 11.3 Å². The summed E-state index contributed by atoms with van der Waals surface area (Å²) in [5.41, 5.74) is 2.41. The maximum Gasteiger partial charge on any atom is 0.135 e. The predicted molar refractivity (Wildman–Crippen MR) is 105 cm³/mol. The number of hydrogen-bond acceptors (Lipinski definition) is 5. The van der Waals surface area contributed by atoms with Crippen molar-refractivity contribution in [2.75, 3.05) is 13.7 Å². The molecule has 2 heterocycles. The third-order valence-corrected chi connectivity index (χ3v) is 6.09. The average Bonchev–Trinajstić information content (AvgIpc) is 3.27. The van der Waals surface area contributed by atoms with E-state index in [1.165, 1.54) is 30.6 Å². The number of aromatic nitrogens is 1. The van der Waals surface area contributed by atoms with E-state index in [2.05, 4.69) is 4.90 Å². The second-order valence-corrected chi connectivity index (χ2v) is 7.72. The molecule has 136 valence electrons. The van der Waals surface area contributed by atoms with Gasteiger partial charge in [-0.05, 0) is 25.0 Å². The molecule has 2 N–H and O–H groups in total. The molecule has 0 spiro atoms. The lowest BCUT2D eigenvalue weighted by atomic mass is 9.94. The van der Waals surface area contributed by atoms with Crippen LogP contribution in [0.5, 0.6) is 5.75 Å². The zero-order valence-electron chi connectivity index (χ0n) is 14.9. The molecule has 1 fully saturated rings. The number of aliphatic hydroxyl groups is 1. The van der Waals surface area contributed by atoms with Crippen LogP contribution in [0.25, 0.3) is 16.8 Å². The Kier molecular flexibility index (Phi) is 4.68. The van der Waals surface area contributed by atoms with E-state index in [0.29, 0.717) is 29.0 Å². The van der Waals surface area contributed by atoms with Crippen LogP contribution in [0.15, 0.2) is 35.4 Å². The first-order valence-corrected chi connectivity index (χ1v) is 9.93. The van der Waals surface area contributed by atoms with Crippen LogP contribution in [-0.4, -0.2) is 40.5 Å². The number of nitrogens with one attached hydrogen (secondary N) is 1. The Bertz CT molecular complexity index is 852. The molecule has 4 rings (SSSR count). The van der Waals surface area contributed by atoms with Gasteiger partial charge in [-0.25, -0.2) is 4.98 Å². The summed E-state index contributed by atoms with van der Waals surface area (Å²) in [7, 11) is 1.65. The molecule has 0 bridgehead atoms. The number of aliphatic hydroxyl groups excluding tert-OH is 1. The molecular formula is C20H23N3O2S. The molecule has 5 nitrogen and oxygen atoms in total. The third kappa shape index (κ3) is 3.09. The quantitative estimate of drug-likeness (QED) is 0.819. The Morgan fingerprint density at radius 2 is 2.08 bits per heavy atom. The van der Waals surface area contributed by atoms with Crippen molar-refractivity contribution in [1.29, 1.82) is 5.41 Å². The lowest BCUT2D eigenvalue weighted by Crippen LogP contribution is -2.38. The molecule has 0 amide bonds. The van der Waals surface area contributed by atoms with Gasteiger partial charge in [0.25, 0.3) is 0 Å². The van der Waals surface area contributed by atoms with Crippen molar-refractivity contribution in [3.8, 4) is 17.0 Å². The lowest BCUT2D eigenvalue weighted by molar-refractivity contribution is 0.241. The van der Waals surface area contributed by atoms with Crippen LogP contribution in [0.1, 0.15) is 37.1 Å². The van der Waals surface area contributed by atoms with Gasteiger partial charge >= 0.3 is 0 Å². The van der Waals surface area contributed by atoms with Crippen molar-refractivity contribution < 1.29 is 9.84 Å². The highest BCUT2D eigenvalue weighted by Gasteiger charge is 2.34. The average molecular weight is 369 g/mol. The van der Waals surface area contributed by atoms with Gasteiger partial charge in [-0.1, -0.05) is 31.4 Å². The van der Waals surface area contributed by atoms with Crippen molar-refractivity contribution >= 4 is 22.7 Å². The molecule has 0 radical (unpaired) electrons. The van der Waals surface area contributed by atoms with Crippen molar-refractivity contribution in [2.24, 2.45) is 0 Å². The van der Waals surface area contributed by atoms with Gasteiger partial charge in [-0.3, -0.25) is 5.41 Å². The van der Waals surface area contributed by atoms with E-state index in [9.17, 15) is 5.11 Å². The van der Waals surface area contributed by atoms with Gasteiger partial charge < -0.3 is 14.7 Å². The van der Waals surface area contributed by atoms with Crippen molar-refractivity contribution in [3.05, 3.63) is 40.4 Å². The number of methoxy groups -OCH3 is 1. The summed E-state index contributed by atoms with van der Waals surface area (Å²) in [6.45, 7) is 0.437. The molecule has 1 aliphatic heterocycles. The fourth-order valence-corrected chi connectivity index (χ4v) is 4.73. The molecule has 1 saturated carbocycles. The maximum atomic E-state index is 10.5. The van der Waals surface area contributed by atoms with E-state index in [4.69, 9.17) is 15.1 Å². The van der Waals surface area contributed by atoms with Crippen molar-refractivity contribution in [2.45, 2.75) is 38.1 Å². The highest BCUT2D eigenvalue weighted by Crippen LogP contribution is 2.35. The summed E-state index contributed by atoms with van der Waals surface area (Å²) in [5.74, 6) is 1.48. The SMILES string of the molecule is COc1cccc(-c2csc(C3=C(O)CN(C4CCCCC4)C3=N)n2)c1. The molecule has 0 atom stereocenters. The topological polar surface area (TPSA) is 69.4 Å². The van der Waals surface area contributed by atoms with E-state index < -0.39 is 0 Å². The molecule has 2 aromatic rings. The minimum Gasteiger partial charge on any atom is -0.510 e. The smallest absolute Gasteiger partial charge is 0.135 e. The molecule has 6 heteroatoms. The van der Waals surface area contributed by atoms with E-state index in [-0.39, 0.29) is 5.76 Å². The summed E-state index contributed by atoms with van der Waals surface area (Å²) in [5, 5.41) is 21.8. The Morgan fingerprint density at radius 3 is 2.85 bits per heavy atom. The second kappa shape index (κ2) is 7.11. The monoisotopic (exact) mass is 369 g/mol. The fraction of sp³-hybridized carbons (Fsp3) is 0.400. The van der Waals surface area contributed by atoms with Crippen LogP contribution in [0, 0.1) is 5.41 Å². The fourth-order valence-electron chi connectivity index (χ4n) is 3.83. The van der Waals surface area contributed by atoms with Gasteiger partial charge in [-0.15, -0.1) is 11.3 Å². The highest BCUT2D eigenvalue weighted by molar-refractivity contribution is 7.11. The normalized spacial score (nSPS) is 18.7. The van der Waals surface area contributed by atoms with Crippen LogP contribution < -0.4 is 4.74 Å². The van der Waals surface area contributed by atoms with E-state index in [1.54, 1.807) is 7.11 Å². The standard InChI is InChI=1S/C20H23N3O2S/c1-25-15-9-5-6-13(10-15)16-12-26-20(22-16)18-17(24)11-23(19(18)21)14-7-3-2-4-8-14/h5-6,9-10,12,14,21,24H,2-4,7-8,11H2,1H3. The minimum atomic E-state index is 0.270. The minimum absolute atomic E-state index is 0.270. The van der Waals surface area contributed by atoms with Gasteiger partial charge in [-0.2, -0.15) is 0 Å². The number of amidine groups is 1. The molecule has 26 heavy (non-hydrogen) atoms. The summed E-state index contributed by atoms with van der Waals surface area (Å²) in [6, 6.07) is 8.14. The molecule has 0 saturated heterocycles. The molecule has 2 aliphatic rings. The number of thiazole rings is 1. The molecule has 1 aromatic carbocycles. The molecular weight excluding hydrogens is 346 g/mol. The summed E-state index contributed by atoms with van der Waals surface area (Å²) >= 11 is 1.47. The summed E-state index contributed by atoms with van der Waals surface area (Å²) in [6.07, 6.45) is 5.91. The summed E-state index contributed by atoms with van der Waals surface area (Å²) in [4.78, 5) is 6.75. The van der Waals surface area contributed by atoms with Gasteiger partial charge in [0.2, 0.25) is 0 Å². The predicted octanol–water partition coefficient (Wildman–Crippen LogP) is 4.71. The van der Waals surface area contributed by atoms with Crippen LogP contribution in [0.3, 0.4) is 0 Å². The van der Waals surface area contributed by atoms with Gasteiger partial charge in [0.05, 0.1) is 24.9 Å². The molecule has 0 unspecified atom stereocenters. The Morgan fingerprint density at radius 1 is 1.27 bits per heavy atom. The van der Waals surface area contributed by atoms with Crippen molar-refractivity contribution in [1.82, 2.24) is 9.88 Å². The number of benzene rings is 1. The largest absolute Gasteiger partial charge is 0.510 e. The molecule has 1 aromatic heterocycles. The first-order chi connectivity index (χ1) is 12.7. The Balaban J connectivity index is 1.58. The van der Waals surface area contributed by atoms with Crippen LogP contribution in [0.2, 0.25) is 0 Å². The Labute approximate surface area is 157 Å². The van der Waals surface area contributed by atoms with Gasteiger partial charge in [0.15, 0.2) is 0 Å². The van der Waals surface area contributed by atoms with Gasteiger partial charge in [0, 0.05) is 17.0 Å². The first kappa shape index (κ1) is 17.1. The van der Waals surface area contributed by atoms with Crippen LogP contribution in [0.4, 0.5) is 0 Å². The highest BCUT2D eigenvalue weighted by atomic mass is 32.1. The van der Waals surface area contributed by atoms with E-state index >= 15 is 0 Å². The number of ether oxygens (including phenoxy) is 1. The Hall–Kier alpha value is -2.34. The van der Waals surface area contributed by atoms with E-state index in [1.807, 2.05) is 29.6 Å². The zero-order chi connectivity index (χ0) is 18.1. The molecule has 1 aliphatic carbocycles. The van der Waals surface area contributed by atoms with Crippen LogP contribution in [-0.2, 0) is 0 Å². The van der Waals surface area contributed by atoms with Crippen molar-refractivity contribution in [3.63, 3.8) is 0 Å². The maximum absolute atomic E-state index is 10.5. The lowest BCUT2D eigenvalue weighted by Gasteiger charge is -2.32. The third-order valence-electron chi connectivity index (χ3n) is 5.23. The number of hydrogen-bond donors (Lipinski definition) is 2. The van der Waals surface area contributed by atoms with E-state index in [0.717, 1.165) is 29.8 Å².